The van der Waals surface area contributed by atoms with E-state index in [1.54, 1.807) is 30.5 Å². The molecular weight excluding hydrogens is 340 g/mol. The molecule has 0 fully saturated rings. The standard InChI is InChI=1S/C17H11F2N7/c18-14-5-1-12(2-6-14)9-20-16-23-24-17-25(11-22-26(16)17)21-10-13-3-7-15(19)8-4-13/h1-11H. The zero-order valence-corrected chi connectivity index (χ0v) is 13.2. The van der Waals surface area contributed by atoms with Crippen LogP contribution in [0.15, 0.2) is 65.0 Å². The van der Waals surface area contributed by atoms with Crippen LogP contribution in [0.3, 0.4) is 0 Å². The highest BCUT2D eigenvalue weighted by Crippen LogP contribution is 2.11. The molecule has 0 saturated carbocycles. The summed E-state index contributed by atoms with van der Waals surface area (Å²) in [5, 5.41) is 16.3. The Balaban J connectivity index is 1.58. The zero-order valence-electron chi connectivity index (χ0n) is 13.2. The Morgan fingerprint density at radius 1 is 0.808 bits per heavy atom. The maximum atomic E-state index is 12.9. The van der Waals surface area contributed by atoms with E-state index in [0.29, 0.717) is 5.78 Å². The highest BCUT2D eigenvalue weighted by atomic mass is 19.1. The van der Waals surface area contributed by atoms with Gasteiger partial charge in [0.25, 0.3) is 11.7 Å². The molecule has 0 bridgehead atoms. The molecule has 0 radical (unpaired) electrons. The summed E-state index contributed by atoms with van der Waals surface area (Å²) in [7, 11) is 0. The van der Waals surface area contributed by atoms with Gasteiger partial charge in [0.2, 0.25) is 0 Å². The van der Waals surface area contributed by atoms with Gasteiger partial charge in [0, 0.05) is 6.21 Å². The van der Waals surface area contributed by atoms with E-state index < -0.39 is 0 Å². The van der Waals surface area contributed by atoms with Crippen molar-refractivity contribution in [3.8, 4) is 0 Å². The van der Waals surface area contributed by atoms with Crippen molar-refractivity contribution in [2.24, 2.45) is 10.1 Å². The number of hydrogen-bond acceptors (Lipinski definition) is 5. The predicted molar refractivity (Wildman–Crippen MR) is 91.8 cm³/mol. The monoisotopic (exact) mass is 351 g/mol. The van der Waals surface area contributed by atoms with Gasteiger partial charge in [0.05, 0.1) is 6.21 Å². The highest BCUT2D eigenvalue weighted by Gasteiger charge is 2.09. The van der Waals surface area contributed by atoms with Gasteiger partial charge in [-0.15, -0.1) is 15.3 Å². The lowest BCUT2D eigenvalue weighted by Gasteiger charge is -1.93. The lowest BCUT2D eigenvalue weighted by atomic mass is 10.2. The molecule has 4 rings (SSSR count). The molecule has 0 atom stereocenters. The summed E-state index contributed by atoms with van der Waals surface area (Å²) in [4.78, 5) is 4.21. The van der Waals surface area contributed by atoms with Crippen molar-refractivity contribution in [3.63, 3.8) is 0 Å². The SMILES string of the molecule is Fc1ccc(C=Nc2nnc3n(N=Cc4ccc(F)cc4)cnn23)cc1. The van der Waals surface area contributed by atoms with Gasteiger partial charge in [-0.05, 0) is 35.4 Å². The number of aromatic nitrogens is 5. The Kier molecular flexibility index (Phi) is 4.02. The average Bonchev–Trinajstić information content (AvgIpc) is 3.23. The van der Waals surface area contributed by atoms with Crippen molar-refractivity contribution in [3.05, 3.63) is 77.6 Å². The number of halogens is 2. The summed E-state index contributed by atoms with van der Waals surface area (Å²) < 4.78 is 28.7. The summed E-state index contributed by atoms with van der Waals surface area (Å²) in [5.41, 5.74) is 1.45. The molecule has 0 aliphatic heterocycles. The summed E-state index contributed by atoms with van der Waals surface area (Å²) in [6.45, 7) is 0. The molecule has 0 amide bonds. The minimum absolute atomic E-state index is 0.264. The minimum Gasteiger partial charge on any atom is -0.218 e. The Labute approximate surface area is 146 Å². The third-order valence-corrected chi connectivity index (χ3v) is 3.49. The van der Waals surface area contributed by atoms with Gasteiger partial charge in [0.15, 0.2) is 0 Å². The van der Waals surface area contributed by atoms with Gasteiger partial charge in [-0.2, -0.15) is 14.3 Å². The van der Waals surface area contributed by atoms with Crippen molar-refractivity contribution in [2.75, 3.05) is 0 Å². The fourth-order valence-corrected chi connectivity index (χ4v) is 2.18. The molecule has 0 aliphatic rings. The van der Waals surface area contributed by atoms with Crippen LogP contribution in [0.5, 0.6) is 0 Å². The molecule has 0 aliphatic carbocycles. The third kappa shape index (κ3) is 3.22. The maximum Gasteiger partial charge on any atom is 0.276 e. The van der Waals surface area contributed by atoms with Crippen molar-refractivity contribution in [1.29, 1.82) is 0 Å². The van der Waals surface area contributed by atoms with E-state index in [4.69, 9.17) is 0 Å². The Bertz CT molecular complexity index is 1000. The second kappa shape index (κ2) is 6.63. The summed E-state index contributed by atoms with van der Waals surface area (Å²) in [6.07, 6.45) is 4.55. The molecule has 2 heterocycles. The molecule has 7 nitrogen and oxygen atoms in total. The first-order valence-electron chi connectivity index (χ1n) is 7.57. The number of fused-ring (bicyclic) bond motifs is 1. The number of rotatable bonds is 4. The van der Waals surface area contributed by atoms with Crippen molar-refractivity contribution >= 4 is 24.2 Å². The van der Waals surface area contributed by atoms with Crippen LogP contribution in [0.2, 0.25) is 0 Å². The molecule has 0 saturated heterocycles. The van der Waals surface area contributed by atoms with Gasteiger partial charge in [-0.25, -0.2) is 13.8 Å². The smallest absolute Gasteiger partial charge is 0.218 e. The zero-order chi connectivity index (χ0) is 17.9. The summed E-state index contributed by atoms with van der Waals surface area (Å²) in [6, 6.07) is 11.8. The molecule has 4 aromatic rings. The van der Waals surface area contributed by atoms with E-state index in [0.717, 1.165) is 11.1 Å². The van der Waals surface area contributed by atoms with Crippen LogP contribution in [0.4, 0.5) is 14.7 Å². The molecule has 2 aromatic heterocycles. The quantitative estimate of drug-likeness (QED) is 0.531. The second-order valence-electron chi connectivity index (χ2n) is 5.29. The lowest BCUT2D eigenvalue weighted by Crippen LogP contribution is -1.91. The second-order valence-corrected chi connectivity index (χ2v) is 5.29. The van der Waals surface area contributed by atoms with Crippen molar-refractivity contribution < 1.29 is 8.78 Å². The topological polar surface area (TPSA) is 72.7 Å². The van der Waals surface area contributed by atoms with E-state index >= 15 is 0 Å². The van der Waals surface area contributed by atoms with Crippen LogP contribution in [-0.2, 0) is 0 Å². The molecule has 0 unspecified atom stereocenters. The van der Waals surface area contributed by atoms with Crippen molar-refractivity contribution in [1.82, 2.24) is 24.5 Å². The molecular formula is C17H11F2N7. The largest absolute Gasteiger partial charge is 0.276 e. The third-order valence-electron chi connectivity index (χ3n) is 3.49. The van der Waals surface area contributed by atoms with Gasteiger partial charge in [-0.3, -0.25) is 0 Å². The maximum absolute atomic E-state index is 12.9. The van der Waals surface area contributed by atoms with E-state index in [2.05, 4.69) is 25.4 Å². The number of aliphatic imine (C=N–C) groups is 1. The molecule has 128 valence electrons. The van der Waals surface area contributed by atoms with E-state index in [1.807, 2.05) is 0 Å². The Morgan fingerprint density at radius 2 is 1.42 bits per heavy atom. The first-order valence-corrected chi connectivity index (χ1v) is 7.57. The normalized spacial score (nSPS) is 11.9. The van der Waals surface area contributed by atoms with Crippen LogP contribution in [0, 0.1) is 11.6 Å². The van der Waals surface area contributed by atoms with Gasteiger partial charge < -0.3 is 0 Å². The Morgan fingerprint density at radius 3 is 2.08 bits per heavy atom. The van der Waals surface area contributed by atoms with E-state index in [-0.39, 0.29) is 17.6 Å². The summed E-state index contributed by atoms with van der Waals surface area (Å²) >= 11 is 0. The van der Waals surface area contributed by atoms with Crippen LogP contribution < -0.4 is 0 Å². The fraction of sp³-hybridized carbons (Fsp3) is 0. The van der Waals surface area contributed by atoms with Crippen molar-refractivity contribution in [2.45, 2.75) is 0 Å². The highest BCUT2D eigenvalue weighted by molar-refractivity contribution is 5.81. The van der Waals surface area contributed by atoms with Crippen LogP contribution in [-0.4, -0.2) is 36.9 Å². The lowest BCUT2D eigenvalue weighted by molar-refractivity contribution is 0.627. The molecule has 9 heteroatoms. The van der Waals surface area contributed by atoms with Crippen LogP contribution in [0.1, 0.15) is 11.1 Å². The molecule has 26 heavy (non-hydrogen) atoms. The number of nitrogens with zero attached hydrogens (tertiary/aromatic N) is 7. The first kappa shape index (κ1) is 15.8. The van der Waals surface area contributed by atoms with E-state index in [1.165, 1.54) is 46.0 Å². The molecule has 0 N–H and O–H groups in total. The minimum atomic E-state index is -0.315. The molecule has 2 aromatic carbocycles. The first-order chi connectivity index (χ1) is 12.7. The van der Waals surface area contributed by atoms with Gasteiger partial charge in [-0.1, -0.05) is 24.3 Å². The predicted octanol–water partition coefficient (Wildman–Crippen LogP) is 2.84. The van der Waals surface area contributed by atoms with E-state index in [9.17, 15) is 8.78 Å². The summed E-state index contributed by atoms with van der Waals surface area (Å²) in [5.74, 6) is 0.00717. The Hall–Kier alpha value is -3.75. The number of benzene rings is 2. The van der Waals surface area contributed by atoms with Crippen LogP contribution in [0.25, 0.3) is 5.78 Å². The number of hydrogen-bond donors (Lipinski definition) is 0. The van der Waals surface area contributed by atoms with Crippen LogP contribution >= 0.6 is 0 Å². The molecule has 0 spiro atoms. The fourth-order valence-electron chi connectivity index (χ4n) is 2.18. The van der Waals surface area contributed by atoms with Gasteiger partial charge in [0.1, 0.15) is 18.0 Å². The van der Waals surface area contributed by atoms with Gasteiger partial charge >= 0.3 is 0 Å². The average molecular weight is 351 g/mol.